The minimum atomic E-state index is -0.264. The topological polar surface area (TPSA) is 52.6 Å². The molecule has 0 spiro atoms. The van der Waals surface area contributed by atoms with Gasteiger partial charge in [0.2, 0.25) is 0 Å². The number of halogens is 1. The van der Waals surface area contributed by atoms with E-state index in [9.17, 15) is 4.39 Å². The van der Waals surface area contributed by atoms with Crippen LogP contribution in [0.3, 0.4) is 0 Å². The van der Waals surface area contributed by atoms with Gasteiger partial charge in [0.1, 0.15) is 0 Å². The van der Waals surface area contributed by atoms with E-state index in [4.69, 9.17) is 0 Å². The molecular weight excluding hydrogens is 337 g/mol. The fourth-order valence-electron chi connectivity index (χ4n) is 2.93. The Hall–Kier alpha value is -2.15. The van der Waals surface area contributed by atoms with E-state index >= 15 is 0 Å². The molecule has 0 saturated carbocycles. The van der Waals surface area contributed by atoms with Gasteiger partial charge < -0.3 is 15.5 Å². The van der Waals surface area contributed by atoms with Crippen LogP contribution in [0.2, 0.25) is 0 Å². The minimum absolute atomic E-state index is 0.237. The highest BCUT2D eigenvalue weighted by molar-refractivity contribution is 7.09. The van der Waals surface area contributed by atoms with E-state index in [1.807, 2.05) is 4.90 Å². The summed E-state index contributed by atoms with van der Waals surface area (Å²) in [5, 5.41) is 8.85. The largest absolute Gasteiger partial charge is 0.357 e. The lowest BCUT2D eigenvalue weighted by Crippen LogP contribution is -2.44. The Labute approximate surface area is 152 Å². The molecule has 3 heterocycles. The molecule has 7 heteroatoms. The number of hydrogen-bond donors (Lipinski definition) is 2. The second-order valence-electron chi connectivity index (χ2n) is 5.97. The Balaban J connectivity index is 1.54. The van der Waals surface area contributed by atoms with E-state index in [1.165, 1.54) is 10.9 Å². The number of guanidine groups is 1. The van der Waals surface area contributed by atoms with Gasteiger partial charge in [-0.1, -0.05) is 6.07 Å². The number of hydrogen-bond acceptors (Lipinski definition) is 4. The summed E-state index contributed by atoms with van der Waals surface area (Å²) in [6, 6.07) is 7.52. The van der Waals surface area contributed by atoms with Crippen LogP contribution in [0, 0.1) is 5.82 Å². The Kier molecular flexibility index (Phi) is 6.22. The molecule has 1 saturated heterocycles. The first-order valence-corrected chi connectivity index (χ1v) is 9.57. The molecule has 0 radical (unpaired) electrons. The van der Waals surface area contributed by atoms with Crippen LogP contribution in [0.15, 0.2) is 40.8 Å². The zero-order valence-corrected chi connectivity index (χ0v) is 15.2. The standard InChI is InChI=1S/C18H24FN5S/c1-2-20-18(22-10-7-15-5-4-12-25-15)23-14-8-11-24(13-14)17-16(19)6-3-9-21-17/h3-6,9,12,14H,2,7-8,10-11,13H2,1H3,(H2,20,22,23). The molecular formula is C18H24FN5S. The van der Waals surface area contributed by atoms with E-state index in [0.717, 1.165) is 45.0 Å². The van der Waals surface area contributed by atoms with Gasteiger partial charge in [-0.2, -0.15) is 0 Å². The second kappa shape index (κ2) is 8.80. The van der Waals surface area contributed by atoms with Gasteiger partial charge >= 0.3 is 0 Å². The zero-order chi connectivity index (χ0) is 17.5. The van der Waals surface area contributed by atoms with Gasteiger partial charge in [0, 0.05) is 49.7 Å². The molecule has 0 aromatic carbocycles. The molecule has 0 bridgehead atoms. The first-order chi connectivity index (χ1) is 12.3. The lowest BCUT2D eigenvalue weighted by Gasteiger charge is -2.19. The SMILES string of the molecule is CCNC(=NCCc1cccs1)NC1CCN(c2ncccc2F)C1. The summed E-state index contributed by atoms with van der Waals surface area (Å²) in [7, 11) is 0. The zero-order valence-electron chi connectivity index (χ0n) is 14.4. The van der Waals surface area contributed by atoms with Crippen molar-refractivity contribution >= 4 is 23.1 Å². The number of pyridine rings is 1. The fraction of sp³-hybridized carbons (Fsp3) is 0.444. The summed E-state index contributed by atoms with van der Waals surface area (Å²) in [6.07, 6.45) is 3.52. The van der Waals surface area contributed by atoms with Gasteiger partial charge in [0.15, 0.2) is 17.6 Å². The average molecular weight is 361 g/mol. The summed E-state index contributed by atoms with van der Waals surface area (Å²) in [4.78, 5) is 12.2. The molecule has 2 aromatic rings. The van der Waals surface area contributed by atoms with Crippen molar-refractivity contribution in [2.45, 2.75) is 25.8 Å². The number of anilines is 1. The van der Waals surface area contributed by atoms with Crippen LogP contribution in [0.5, 0.6) is 0 Å². The molecule has 1 fully saturated rings. The Morgan fingerprint density at radius 1 is 1.44 bits per heavy atom. The third kappa shape index (κ3) is 4.92. The predicted molar refractivity (Wildman–Crippen MR) is 102 cm³/mol. The van der Waals surface area contributed by atoms with Crippen LogP contribution in [0.25, 0.3) is 0 Å². The maximum Gasteiger partial charge on any atom is 0.191 e. The van der Waals surface area contributed by atoms with E-state index in [0.29, 0.717) is 5.82 Å². The summed E-state index contributed by atoms with van der Waals surface area (Å²) >= 11 is 1.76. The molecule has 134 valence electrons. The van der Waals surface area contributed by atoms with Crippen molar-refractivity contribution in [2.75, 3.05) is 31.1 Å². The highest BCUT2D eigenvalue weighted by Gasteiger charge is 2.25. The van der Waals surface area contributed by atoms with Crippen LogP contribution in [-0.4, -0.2) is 43.2 Å². The smallest absolute Gasteiger partial charge is 0.191 e. The average Bonchev–Trinajstić information content (AvgIpc) is 3.27. The summed E-state index contributed by atoms with van der Waals surface area (Å²) in [5.41, 5.74) is 0. The van der Waals surface area contributed by atoms with E-state index in [1.54, 1.807) is 23.6 Å². The molecule has 0 aliphatic carbocycles. The highest BCUT2D eigenvalue weighted by atomic mass is 32.1. The Morgan fingerprint density at radius 3 is 3.12 bits per heavy atom. The van der Waals surface area contributed by atoms with E-state index < -0.39 is 0 Å². The van der Waals surface area contributed by atoms with Crippen LogP contribution < -0.4 is 15.5 Å². The van der Waals surface area contributed by atoms with Gasteiger partial charge in [-0.3, -0.25) is 4.99 Å². The van der Waals surface area contributed by atoms with Gasteiger partial charge in [-0.25, -0.2) is 9.37 Å². The van der Waals surface area contributed by atoms with E-state index in [2.05, 4.69) is 45.0 Å². The molecule has 1 atom stereocenters. The molecule has 25 heavy (non-hydrogen) atoms. The number of thiophene rings is 1. The molecule has 5 nitrogen and oxygen atoms in total. The fourth-order valence-corrected chi connectivity index (χ4v) is 3.62. The van der Waals surface area contributed by atoms with Crippen molar-refractivity contribution in [3.05, 3.63) is 46.5 Å². The van der Waals surface area contributed by atoms with Gasteiger partial charge in [-0.05, 0) is 36.9 Å². The normalized spacial score (nSPS) is 17.8. The van der Waals surface area contributed by atoms with Gasteiger partial charge in [-0.15, -0.1) is 11.3 Å². The number of nitrogens with zero attached hydrogens (tertiary/aromatic N) is 3. The van der Waals surface area contributed by atoms with Crippen molar-refractivity contribution in [3.63, 3.8) is 0 Å². The summed E-state index contributed by atoms with van der Waals surface area (Å²) < 4.78 is 13.9. The lowest BCUT2D eigenvalue weighted by molar-refractivity contribution is 0.612. The first-order valence-electron chi connectivity index (χ1n) is 8.69. The third-order valence-corrected chi connectivity index (χ3v) is 5.06. The second-order valence-corrected chi connectivity index (χ2v) is 7.01. The van der Waals surface area contributed by atoms with Crippen LogP contribution in [-0.2, 0) is 6.42 Å². The Morgan fingerprint density at radius 2 is 2.36 bits per heavy atom. The molecule has 2 N–H and O–H groups in total. The highest BCUT2D eigenvalue weighted by Crippen LogP contribution is 2.20. The number of aromatic nitrogens is 1. The maximum atomic E-state index is 13.9. The van der Waals surface area contributed by atoms with Gasteiger partial charge in [0.05, 0.1) is 0 Å². The predicted octanol–water partition coefficient (Wildman–Crippen LogP) is 2.66. The molecule has 2 aromatic heterocycles. The third-order valence-electron chi connectivity index (χ3n) is 4.12. The van der Waals surface area contributed by atoms with Gasteiger partial charge in [0.25, 0.3) is 0 Å². The maximum absolute atomic E-state index is 13.9. The number of rotatable bonds is 6. The summed E-state index contributed by atoms with van der Waals surface area (Å²) in [5.74, 6) is 0.999. The Bertz CT molecular complexity index is 689. The molecule has 3 rings (SSSR count). The van der Waals surface area contributed by atoms with Crippen LogP contribution >= 0.6 is 11.3 Å². The van der Waals surface area contributed by atoms with E-state index in [-0.39, 0.29) is 11.9 Å². The minimum Gasteiger partial charge on any atom is -0.357 e. The number of nitrogens with one attached hydrogen (secondary N) is 2. The van der Waals surface area contributed by atoms with Crippen molar-refractivity contribution in [2.24, 2.45) is 4.99 Å². The first kappa shape index (κ1) is 17.7. The summed E-state index contributed by atoms with van der Waals surface area (Å²) in [6.45, 7) is 5.14. The van der Waals surface area contributed by atoms with Crippen molar-refractivity contribution < 1.29 is 4.39 Å². The van der Waals surface area contributed by atoms with Crippen molar-refractivity contribution in [3.8, 4) is 0 Å². The van der Waals surface area contributed by atoms with Crippen LogP contribution in [0.1, 0.15) is 18.2 Å². The molecule has 1 aliphatic rings. The molecule has 0 amide bonds. The molecule has 1 aliphatic heterocycles. The van der Waals surface area contributed by atoms with Crippen LogP contribution in [0.4, 0.5) is 10.2 Å². The molecule has 1 unspecified atom stereocenters. The quantitative estimate of drug-likeness (QED) is 0.614. The van der Waals surface area contributed by atoms with Crippen molar-refractivity contribution in [1.82, 2.24) is 15.6 Å². The lowest BCUT2D eigenvalue weighted by atomic mass is 10.3. The number of aliphatic imine (C=N–C) groups is 1. The monoisotopic (exact) mass is 361 g/mol. The van der Waals surface area contributed by atoms with Crippen molar-refractivity contribution in [1.29, 1.82) is 0 Å².